The van der Waals surface area contributed by atoms with Crippen molar-refractivity contribution in [3.8, 4) is 6.07 Å². The normalized spacial score (nSPS) is 30.9. The van der Waals surface area contributed by atoms with Gasteiger partial charge in [0.15, 0.2) is 0 Å². The molecule has 0 aromatic heterocycles. The summed E-state index contributed by atoms with van der Waals surface area (Å²) in [6, 6.07) is -1.68. The van der Waals surface area contributed by atoms with Crippen LogP contribution in [0.2, 0.25) is 0 Å². The van der Waals surface area contributed by atoms with Crippen LogP contribution in [0.4, 0.5) is 13.2 Å². The van der Waals surface area contributed by atoms with E-state index in [4.69, 9.17) is 0 Å². The van der Waals surface area contributed by atoms with E-state index in [0.29, 0.717) is 31.7 Å². The van der Waals surface area contributed by atoms with Gasteiger partial charge >= 0.3 is 12.1 Å². The van der Waals surface area contributed by atoms with E-state index in [1.54, 1.807) is 20.8 Å². The fraction of sp³-hybridized carbons (Fsp3) is 0.800. The smallest absolute Gasteiger partial charge is 0.356 e. The molecule has 2 bridgehead atoms. The number of rotatable bonds is 7. The lowest BCUT2D eigenvalue weighted by molar-refractivity contribution is -0.176. The highest BCUT2D eigenvalue weighted by molar-refractivity contribution is 5.95. The molecule has 4 amide bonds. The van der Waals surface area contributed by atoms with Crippen LogP contribution in [0.3, 0.4) is 0 Å². The number of carbonyl (C=O) groups is 4. The minimum Gasteiger partial charge on any atom is -0.356 e. The Balaban J connectivity index is 1.57. The zero-order valence-corrected chi connectivity index (χ0v) is 21.2. The van der Waals surface area contributed by atoms with E-state index in [1.807, 2.05) is 11.4 Å². The quantitative estimate of drug-likeness (QED) is 0.465. The van der Waals surface area contributed by atoms with Crippen molar-refractivity contribution in [3.05, 3.63) is 0 Å². The molecule has 3 N–H and O–H groups in total. The molecular weight excluding hydrogens is 491 g/mol. The van der Waals surface area contributed by atoms with Crippen LogP contribution >= 0.6 is 0 Å². The Morgan fingerprint density at radius 3 is 2.27 bits per heavy atom. The Labute approximate surface area is 213 Å². The van der Waals surface area contributed by atoms with Crippen molar-refractivity contribution >= 4 is 23.6 Å². The summed E-state index contributed by atoms with van der Waals surface area (Å²) < 4.78 is 39.2. The Hall–Kier alpha value is -2.84. The maximum atomic E-state index is 13.8. The molecule has 7 atom stereocenters. The van der Waals surface area contributed by atoms with Gasteiger partial charge in [-0.25, -0.2) is 0 Å². The summed E-state index contributed by atoms with van der Waals surface area (Å²) in [5.41, 5.74) is -1.05. The van der Waals surface area contributed by atoms with E-state index in [2.05, 4.69) is 10.6 Å². The molecule has 4 fully saturated rings. The van der Waals surface area contributed by atoms with Crippen LogP contribution in [0.5, 0.6) is 0 Å². The van der Waals surface area contributed by atoms with Crippen LogP contribution in [0.1, 0.15) is 59.3 Å². The topological polar surface area (TPSA) is 131 Å². The first-order valence-corrected chi connectivity index (χ1v) is 12.9. The Bertz CT molecular complexity index is 1000. The van der Waals surface area contributed by atoms with Crippen LogP contribution < -0.4 is 16.0 Å². The average Bonchev–Trinajstić information content (AvgIpc) is 3.29. The predicted octanol–water partition coefficient (Wildman–Crippen LogP) is 1.63. The second-order valence-electron chi connectivity index (χ2n) is 12.0. The second kappa shape index (κ2) is 9.80. The van der Waals surface area contributed by atoms with Crippen LogP contribution in [0.15, 0.2) is 0 Å². The number of hydrogen-bond acceptors (Lipinski definition) is 5. The van der Waals surface area contributed by atoms with E-state index in [-0.39, 0.29) is 30.2 Å². The first-order valence-electron chi connectivity index (χ1n) is 12.9. The lowest BCUT2D eigenvalue weighted by Crippen LogP contribution is -2.63. The molecular formula is C25H34F3N5O4. The molecule has 0 radical (unpaired) electrons. The molecule has 204 valence electrons. The maximum Gasteiger partial charge on any atom is 0.471 e. The number of fused-ring (bicyclic) bond motifs is 2. The van der Waals surface area contributed by atoms with Crippen molar-refractivity contribution in [2.45, 2.75) is 89.6 Å². The number of amides is 4. The highest BCUT2D eigenvalue weighted by atomic mass is 19.4. The van der Waals surface area contributed by atoms with Gasteiger partial charge in [0.2, 0.25) is 17.7 Å². The number of likely N-dealkylation sites (tertiary alicyclic amines) is 1. The summed E-state index contributed by atoms with van der Waals surface area (Å²) in [4.78, 5) is 52.5. The summed E-state index contributed by atoms with van der Waals surface area (Å²) in [6.45, 7) is 5.17. The Morgan fingerprint density at radius 1 is 1.11 bits per heavy atom. The van der Waals surface area contributed by atoms with Crippen molar-refractivity contribution in [3.63, 3.8) is 0 Å². The molecule has 4 rings (SSSR count). The van der Waals surface area contributed by atoms with Gasteiger partial charge in [-0.05, 0) is 61.7 Å². The zero-order valence-electron chi connectivity index (χ0n) is 21.2. The van der Waals surface area contributed by atoms with Crippen LogP contribution in [0.25, 0.3) is 0 Å². The lowest BCUT2D eigenvalue weighted by atomic mass is 9.81. The number of nitriles is 1. The molecule has 2 saturated carbocycles. The van der Waals surface area contributed by atoms with E-state index >= 15 is 0 Å². The summed E-state index contributed by atoms with van der Waals surface area (Å²) in [7, 11) is 0. The number of nitrogens with one attached hydrogen (secondary N) is 3. The van der Waals surface area contributed by atoms with E-state index < -0.39 is 53.4 Å². The van der Waals surface area contributed by atoms with Gasteiger partial charge in [-0.3, -0.25) is 19.2 Å². The van der Waals surface area contributed by atoms with Crippen molar-refractivity contribution in [2.24, 2.45) is 29.1 Å². The van der Waals surface area contributed by atoms with Gasteiger partial charge in [-0.15, -0.1) is 0 Å². The van der Waals surface area contributed by atoms with Crippen molar-refractivity contribution in [1.82, 2.24) is 20.9 Å². The third-order valence-electron chi connectivity index (χ3n) is 8.29. The van der Waals surface area contributed by atoms with Crippen molar-refractivity contribution in [1.29, 1.82) is 5.26 Å². The molecule has 37 heavy (non-hydrogen) atoms. The van der Waals surface area contributed by atoms with E-state index in [0.717, 1.165) is 12.8 Å². The molecule has 12 heteroatoms. The number of hydrogen-bond donors (Lipinski definition) is 3. The minimum absolute atomic E-state index is 0.140. The van der Waals surface area contributed by atoms with Crippen LogP contribution in [0, 0.1) is 40.4 Å². The summed E-state index contributed by atoms with van der Waals surface area (Å²) >= 11 is 0. The van der Waals surface area contributed by atoms with Gasteiger partial charge in [0.25, 0.3) is 0 Å². The van der Waals surface area contributed by atoms with Crippen molar-refractivity contribution in [2.75, 3.05) is 6.54 Å². The van der Waals surface area contributed by atoms with Gasteiger partial charge in [-0.2, -0.15) is 18.4 Å². The molecule has 2 saturated heterocycles. The highest BCUT2D eigenvalue weighted by Crippen LogP contribution is 2.55. The number of piperidine rings is 1. The summed E-state index contributed by atoms with van der Waals surface area (Å²) in [5, 5.41) is 16.9. The van der Waals surface area contributed by atoms with Gasteiger partial charge in [0.05, 0.1) is 6.07 Å². The molecule has 0 aromatic rings. The lowest BCUT2D eigenvalue weighted by Gasteiger charge is -2.42. The Morgan fingerprint density at radius 2 is 1.76 bits per heavy atom. The third-order valence-corrected chi connectivity index (χ3v) is 8.29. The molecule has 2 aliphatic heterocycles. The highest BCUT2D eigenvalue weighted by Gasteiger charge is 2.60. The number of alkyl halides is 3. The maximum absolute atomic E-state index is 13.8. The third kappa shape index (κ3) is 5.55. The Kier molecular flexibility index (Phi) is 7.20. The van der Waals surface area contributed by atoms with Crippen LogP contribution in [-0.2, 0) is 19.2 Å². The average molecular weight is 526 g/mol. The number of halogens is 3. The van der Waals surface area contributed by atoms with E-state index in [1.165, 1.54) is 4.90 Å². The van der Waals surface area contributed by atoms with Gasteiger partial charge in [-0.1, -0.05) is 20.8 Å². The van der Waals surface area contributed by atoms with Gasteiger partial charge in [0.1, 0.15) is 18.1 Å². The summed E-state index contributed by atoms with van der Waals surface area (Å²) in [5.74, 6) is -3.53. The number of nitrogens with zero attached hydrogens (tertiary/aromatic N) is 2. The largest absolute Gasteiger partial charge is 0.471 e. The molecule has 2 heterocycles. The zero-order chi connectivity index (χ0) is 27.3. The fourth-order valence-corrected chi connectivity index (χ4v) is 6.37. The first-order chi connectivity index (χ1) is 17.2. The van der Waals surface area contributed by atoms with Crippen LogP contribution in [-0.4, -0.2) is 65.4 Å². The molecule has 4 aliphatic rings. The first kappa shape index (κ1) is 27.2. The van der Waals surface area contributed by atoms with Gasteiger partial charge < -0.3 is 20.9 Å². The molecule has 2 aliphatic carbocycles. The minimum atomic E-state index is -5.16. The molecule has 0 aromatic carbocycles. The second-order valence-corrected chi connectivity index (χ2v) is 12.0. The monoisotopic (exact) mass is 525 g/mol. The predicted molar refractivity (Wildman–Crippen MR) is 124 cm³/mol. The van der Waals surface area contributed by atoms with E-state index in [9.17, 15) is 37.6 Å². The SMILES string of the molecule is CC(C)(C)[C@H](NC(=O)C(F)(F)F)C(=O)N1[C@@H]2CC(C3CC3)[C@@H](C2)[C@H]1C(=O)N[C@H](C#N)C[C@@H]1CCNC1=O. The summed E-state index contributed by atoms with van der Waals surface area (Å²) in [6.07, 6.45) is -1.16. The molecule has 1 unspecified atom stereocenters. The number of carbonyl (C=O) groups excluding carboxylic acids is 4. The fourth-order valence-electron chi connectivity index (χ4n) is 6.37. The molecule has 0 spiro atoms. The van der Waals surface area contributed by atoms with Gasteiger partial charge in [0, 0.05) is 18.5 Å². The standard InChI is InChI=1S/C25H34F3N5O4/c1-24(2,3)19(32-23(37)25(26,27)28)22(36)33-15-9-16(12-4-5-12)17(10-15)18(33)21(35)31-14(11-29)8-13-6-7-30-20(13)34/h12-19H,4-10H2,1-3H3,(H,30,34)(H,31,35)(H,32,37)/t13-,14-,15+,16?,17+,18-,19+/m0/s1. The molecule has 9 nitrogen and oxygen atoms in total. The van der Waals surface area contributed by atoms with Crippen molar-refractivity contribution < 1.29 is 32.3 Å².